The normalized spacial score (nSPS) is 31.1. The minimum Gasteiger partial charge on any atom is -0.308 e. The van der Waals surface area contributed by atoms with Gasteiger partial charge in [-0.25, -0.2) is 0 Å². The number of rotatable bonds is 4. The smallest absolute Gasteiger partial charge is 0.142 e. The molecule has 0 unspecified atom stereocenters. The molecular weight excluding hydrogens is 268 g/mol. The fourth-order valence-corrected chi connectivity index (χ4v) is 6.65. The summed E-state index contributed by atoms with van der Waals surface area (Å²) in [7, 11) is 0. The Balaban J connectivity index is 2.50. The second-order valence-electron chi connectivity index (χ2n) is 9.23. The Morgan fingerprint density at radius 3 is 1.05 bits per heavy atom. The zero-order valence-electron chi connectivity index (χ0n) is 16.6. The molecular formula is C20H42N2+2. The van der Waals surface area contributed by atoms with Gasteiger partial charge in [0.2, 0.25) is 0 Å². The first-order chi connectivity index (χ1) is 10.2. The summed E-state index contributed by atoms with van der Waals surface area (Å²) in [4.78, 5) is 0. The molecule has 0 aromatic rings. The predicted molar refractivity (Wildman–Crippen MR) is 96.8 cm³/mol. The molecule has 1 saturated carbocycles. The van der Waals surface area contributed by atoms with Crippen molar-refractivity contribution >= 4 is 0 Å². The lowest BCUT2D eigenvalue weighted by Crippen LogP contribution is -2.82. The molecule has 0 spiro atoms. The van der Waals surface area contributed by atoms with Gasteiger partial charge in [0.25, 0.3) is 0 Å². The first-order valence-electron chi connectivity index (χ1n) is 9.95. The van der Waals surface area contributed by atoms with E-state index in [0.29, 0.717) is 0 Å². The minimum absolute atomic E-state index is 0.757. The third kappa shape index (κ3) is 2.45. The molecule has 0 radical (unpaired) electrons. The first kappa shape index (κ1) is 18.3. The molecule has 22 heavy (non-hydrogen) atoms. The molecule has 2 fully saturated rings. The average Bonchev–Trinajstić information content (AvgIpc) is 2.44. The Kier molecular flexibility index (Phi) is 5.34. The molecule has 2 nitrogen and oxygen atoms in total. The van der Waals surface area contributed by atoms with E-state index in [1.54, 1.807) is 0 Å². The quantitative estimate of drug-likeness (QED) is 0.667. The number of fused-ring (bicyclic) bond motifs is 1. The van der Waals surface area contributed by atoms with Crippen LogP contribution in [0.5, 0.6) is 0 Å². The van der Waals surface area contributed by atoms with Crippen LogP contribution in [-0.2, 0) is 0 Å². The topological polar surface area (TPSA) is 0 Å². The fraction of sp³-hybridized carbons (Fsp3) is 1.00. The second kappa shape index (κ2) is 6.43. The van der Waals surface area contributed by atoms with E-state index in [9.17, 15) is 0 Å². The number of quaternary nitrogens is 2. The van der Waals surface area contributed by atoms with E-state index in [-0.39, 0.29) is 0 Å². The second-order valence-corrected chi connectivity index (χ2v) is 9.23. The van der Waals surface area contributed by atoms with Crippen molar-refractivity contribution in [3.63, 3.8) is 0 Å². The largest absolute Gasteiger partial charge is 0.308 e. The molecule has 1 heterocycles. The maximum Gasteiger partial charge on any atom is 0.142 e. The molecule has 0 N–H and O–H groups in total. The average molecular weight is 311 g/mol. The van der Waals surface area contributed by atoms with Crippen molar-refractivity contribution in [2.75, 3.05) is 13.1 Å². The van der Waals surface area contributed by atoms with E-state index in [1.807, 2.05) is 0 Å². The minimum atomic E-state index is 0.757. The molecule has 0 aromatic carbocycles. The van der Waals surface area contributed by atoms with E-state index in [4.69, 9.17) is 0 Å². The number of piperazine rings is 1. The maximum absolute atomic E-state index is 2.48. The van der Waals surface area contributed by atoms with E-state index >= 15 is 0 Å². The highest BCUT2D eigenvalue weighted by molar-refractivity contribution is 4.85. The SMILES string of the molecule is CC(C)[N+]1(C(C)C)CC[N+](C(C)C)(C(C)C)[C@@H]2CCCC[C@H]21. The number of hydrogen-bond acceptors (Lipinski definition) is 0. The molecule has 2 aliphatic rings. The summed E-state index contributed by atoms with van der Waals surface area (Å²) in [6.45, 7) is 22.6. The number of hydrogen-bond donors (Lipinski definition) is 0. The van der Waals surface area contributed by atoms with Gasteiger partial charge in [-0.05, 0) is 68.2 Å². The monoisotopic (exact) mass is 310 g/mol. The van der Waals surface area contributed by atoms with Crippen LogP contribution in [0.3, 0.4) is 0 Å². The Morgan fingerprint density at radius 1 is 0.545 bits per heavy atom. The van der Waals surface area contributed by atoms with Crippen molar-refractivity contribution in [1.29, 1.82) is 0 Å². The van der Waals surface area contributed by atoms with E-state index in [1.165, 1.54) is 47.7 Å². The molecule has 130 valence electrons. The zero-order valence-corrected chi connectivity index (χ0v) is 16.6. The van der Waals surface area contributed by atoms with Crippen LogP contribution in [0.15, 0.2) is 0 Å². The molecule has 0 amide bonds. The van der Waals surface area contributed by atoms with Crippen LogP contribution in [0.25, 0.3) is 0 Å². The molecule has 2 atom stereocenters. The lowest BCUT2D eigenvalue weighted by Gasteiger charge is -2.65. The van der Waals surface area contributed by atoms with Crippen LogP contribution in [0.4, 0.5) is 0 Å². The third-order valence-corrected chi connectivity index (χ3v) is 7.65. The standard InChI is InChI=1S/C20H42N2/c1-15(2)21(16(3)4)13-14-22(17(5)6,18(7)8)20-12-10-9-11-19(20)21/h15-20H,9-14H2,1-8H3/q+2/t19-,20-/m1/s1. The lowest BCUT2D eigenvalue weighted by molar-refractivity contribution is -1.10. The highest BCUT2D eigenvalue weighted by atomic mass is 15.5. The third-order valence-electron chi connectivity index (χ3n) is 7.65. The van der Waals surface area contributed by atoms with Gasteiger partial charge in [0.15, 0.2) is 0 Å². The van der Waals surface area contributed by atoms with Crippen molar-refractivity contribution in [3.05, 3.63) is 0 Å². The van der Waals surface area contributed by atoms with Gasteiger partial charge in [0.05, 0.1) is 24.2 Å². The van der Waals surface area contributed by atoms with Crippen LogP contribution < -0.4 is 0 Å². The molecule has 1 aliphatic heterocycles. The van der Waals surface area contributed by atoms with Crippen molar-refractivity contribution in [2.45, 2.75) is 117 Å². The summed E-state index contributed by atoms with van der Waals surface area (Å²) < 4.78 is 2.76. The van der Waals surface area contributed by atoms with Crippen LogP contribution in [0, 0.1) is 0 Å². The van der Waals surface area contributed by atoms with Gasteiger partial charge in [0, 0.05) is 12.8 Å². The van der Waals surface area contributed by atoms with E-state index in [0.717, 1.165) is 36.3 Å². The molecule has 0 aromatic heterocycles. The summed E-state index contributed by atoms with van der Waals surface area (Å²) in [6.07, 6.45) is 5.83. The van der Waals surface area contributed by atoms with E-state index in [2.05, 4.69) is 55.4 Å². The van der Waals surface area contributed by atoms with Crippen LogP contribution in [-0.4, -0.2) is 58.3 Å². The van der Waals surface area contributed by atoms with Gasteiger partial charge in [-0.3, -0.25) is 0 Å². The van der Waals surface area contributed by atoms with Crippen molar-refractivity contribution in [3.8, 4) is 0 Å². The van der Waals surface area contributed by atoms with Gasteiger partial charge >= 0.3 is 0 Å². The van der Waals surface area contributed by atoms with Crippen LogP contribution in [0.2, 0.25) is 0 Å². The van der Waals surface area contributed by atoms with Gasteiger partial charge in [-0.2, -0.15) is 0 Å². The first-order valence-corrected chi connectivity index (χ1v) is 9.95. The highest BCUT2D eigenvalue weighted by Crippen LogP contribution is 2.45. The Bertz CT molecular complexity index is 318. The van der Waals surface area contributed by atoms with Crippen LogP contribution >= 0.6 is 0 Å². The Hall–Kier alpha value is -0.0800. The summed E-state index contributed by atoms with van der Waals surface area (Å²) >= 11 is 0. The summed E-state index contributed by atoms with van der Waals surface area (Å²) in [5, 5.41) is 0. The van der Waals surface area contributed by atoms with Crippen LogP contribution in [0.1, 0.15) is 81.1 Å². The van der Waals surface area contributed by atoms with Crippen molar-refractivity contribution in [2.24, 2.45) is 0 Å². The summed E-state index contributed by atoms with van der Waals surface area (Å²) in [5.41, 5.74) is 0. The van der Waals surface area contributed by atoms with Gasteiger partial charge in [0.1, 0.15) is 25.2 Å². The molecule has 2 rings (SSSR count). The molecule has 0 bridgehead atoms. The van der Waals surface area contributed by atoms with Gasteiger partial charge in [-0.15, -0.1) is 0 Å². The summed E-state index contributed by atoms with van der Waals surface area (Å²) in [5.74, 6) is 0. The molecule has 2 heteroatoms. The van der Waals surface area contributed by atoms with Gasteiger partial charge in [-0.1, -0.05) is 0 Å². The molecule has 1 aliphatic carbocycles. The Morgan fingerprint density at radius 2 is 0.818 bits per heavy atom. The summed E-state index contributed by atoms with van der Waals surface area (Å²) in [6, 6.07) is 4.79. The highest BCUT2D eigenvalue weighted by Gasteiger charge is 2.60. The molecule has 1 saturated heterocycles. The van der Waals surface area contributed by atoms with Gasteiger partial charge < -0.3 is 8.97 Å². The fourth-order valence-electron chi connectivity index (χ4n) is 6.65. The van der Waals surface area contributed by atoms with Crippen molar-refractivity contribution in [1.82, 2.24) is 0 Å². The lowest BCUT2D eigenvalue weighted by atomic mass is 9.78. The van der Waals surface area contributed by atoms with Crippen molar-refractivity contribution < 1.29 is 8.97 Å². The van der Waals surface area contributed by atoms with E-state index < -0.39 is 0 Å². The Labute approximate surface area is 140 Å². The number of nitrogens with zero attached hydrogens (tertiary/aromatic N) is 2. The maximum atomic E-state index is 2.48. The predicted octanol–water partition coefficient (Wildman–Crippen LogP) is 4.58. The zero-order chi connectivity index (χ0) is 16.7.